The van der Waals surface area contributed by atoms with Crippen molar-refractivity contribution in [1.82, 2.24) is 0 Å². The van der Waals surface area contributed by atoms with Crippen LogP contribution in [0.1, 0.15) is 56.6 Å². The van der Waals surface area contributed by atoms with Gasteiger partial charge in [-0.3, -0.25) is 0 Å². The molecule has 21 heavy (non-hydrogen) atoms. The third-order valence-corrected chi connectivity index (χ3v) is 5.71. The highest BCUT2D eigenvalue weighted by molar-refractivity contribution is 6.31. The van der Waals surface area contributed by atoms with Gasteiger partial charge < -0.3 is 5.11 Å². The Labute approximate surface area is 129 Å². The van der Waals surface area contributed by atoms with Gasteiger partial charge in [0, 0.05) is 10.6 Å². The van der Waals surface area contributed by atoms with E-state index in [1.165, 1.54) is 25.7 Å². The zero-order valence-electron chi connectivity index (χ0n) is 12.0. The molecule has 4 heteroatoms. The molecule has 1 N–H and O–H groups in total. The Morgan fingerprint density at radius 1 is 1.00 bits per heavy atom. The smallest absolute Gasteiger partial charge is 0.160 e. The normalized spacial score (nSPS) is 30.8. The van der Waals surface area contributed by atoms with Crippen molar-refractivity contribution < 1.29 is 13.9 Å². The van der Waals surface area contributed by atoms with Crippen molar-refractivity contribution in [2.75, 3.05) is 0 Å². The van der Waals surface area contributed by atoms with Crippen LogP contribution in [0.15, 0.2) is 12.1 Å². The molecule has 0 bridgehead atoms. The Morgan fingerprint density at radius 3 is 2.43 bits per heavy atom. The van der Waals surface area contributed by atoms with Crippen molar-refractivity contribution in [2.45, 2.75) is 51.0 Å². The second-order valence-electron chi connectivity index (χ2n) is 6.61. The summed E-state index contributed by atoms with van der Waals surface area (Å²) in [5, 5.41) is 10.7. The van der Waals surface area contributed by atoms with Gasteiger partial charge in [-0.25, -0.2) is 8.78 Å². The molecule has 1 nitrogen and oxygen atoms in total. The maximum absolute atomic E-state index is 13.4. The minimum atomic E-state index is -0.966. The first-order chi connectivity index (χ1) is 10.1. The molecule has 4 unspecified atom stereocenters. The van der Waals surface area contributed by atoms with Gasteiger partial charge in [0.15, 0.2) is 11.6 Å². The van der Waals surface area contributed by atoms with E-state index in [1.807, 2.05) is 0 Å². The summed E-state index contributed by atoms with van der Waals surface area (Å²) < 4.78 is 26.6. The minimum absolute atomic E-state index is 0.103. The Bertz CT molecular complexity index is 520. The van der Waals surface area contributed by atoms with Crippen molar-refractivity contribution in [3.8, 4) is 0 Å². The summed E-state index contributed by atoms with van der Waals surface area (Å²) in [5.74, 6) is -0.336. The van der Waals surface area contributed by atoms with E-state index in [0.29, 0.717) is 11.5 Å². The molecule has 2 fully saturated rings. The Hall–Kier alpha value is -0.670. The lowest BCUT2D eigenvalue weighted by Crippen LogP contribution is -2.30. The predicted octanol–water partition coefficient (Wildman–Crippen LogP) is 5.26. The van der Waals surface area contributed by atoms with Gasteiger partial charge in [-0.2, -0.15) is 0 Å². The third kappa shape index (κ3) is 3.09. The minimum Gasteiger partial charge on any atom is -0.388 e. The summed E-state index contributed by atoms with van der Waals surface area (Å²) >= 11 is 5.99. The Morgan fingerprint density at radius 2 is 1.67 bits per heavy atom. The number of benzene rings is 1. The van der Waals surface area contributed by atoms with Gasteiger partial charge >= 0.3 is 0 Å². The largest absolute Gasteiger partial charge is 0.388 e. The van der Waals surface area contributed by atoms with Crippen LogP contribution in [-0.2, 0) is 0 Å². The maximum Gasteiger partial charge on any atom is 0.160 e. The van der Waals surface area contributed by atoms with Crippen LogP contribution in [0.5, 0.6) is 0 Å². The number of aliphatic hydroxyl groups excluding tert-OH is 1. The number of hydrogen-bond donors (Lipinski definition) is 1. The van der Waals surface area contributed by atoms with E-state index in [9.17, 15) is 13.9 Å². The molecule has 2 aliphatic rings. The van der Waals surface area contributed by atoms with E-state index >= 15 is 0 Å². The highest BCUT2D eigenvalue weighted by atomic mass is 35.5. The first kappa shape index (κ1) is 15.2. The van der Waals surface area contributed by atoms with Gasteiger partial charge in [-0.15, -0.1) is 0 Å². The molecule has 0 saturated heterocycles. The molecule has 4 atom stereocenters. The van der Waals surface area contributed by atoms with Crippen LogP contribution in [0.25, 0.3) is 0 Å². The van der Waals surface area contributed by atoms with Gasteiger partial charge in [-0.05, 0) is 49.1 Å². The first-order valence-corrected chi connectivity index (χ1v) is 8.26. The summed E-state index contributed by atoms with van der Waals surface area (Å²) in [6.45, 7) is 0. The fraction of sp³-hybridized carbons (Fsp3) is 0.647. The lowest BCUT2D eigenvalue weighted by atomic mass is 9.66. The molecule has 0 radical (unpaired) electrons. The van der Waals surface area contributed by atoms with E-state index in [1.54, 1.807) is 0 Å². The number of aliphatic hydroxyl groups is 1. The van der Waals surface area contributed by atoms with Crippen LogP contribution in [0, 0.1) is 29.4 Å². The van der Waals surface area contributed by atoms with Crippen LogP contribution in [-0.4, -0.2) is 5.11 Å². The van der Waals surface area contributed by atoms with Crippen molar-refractivity contribution in [3.05, 3.63) is 34.4 Å². The lowest BCUT2D eigenvalue weighted by Gasteiger charge is -2.41. The molecule has 2 aliphatic carbocycles. The summed E-state index contributed by atoms with van der Waals surface area (Å²) in [4.78, 5) is 0. The summed E-state index contributed by atoms with van der Waals surface area (Å²) in [6.07, 6.45) is 7.39. The van der Waals surface area contributed by atoms with E-state index in [4.69, 9.17) is 11.6 Å². The standard InChI is InChI=1S/C17H21ClF2O/c18-14-9-16(20)15(19)8-13(14)17(21)12-6-5-10-3-1-2-4-11(10)7-12/h8-12,17,21H,1-7H2. The predicted molar refractivity (Wildman–Crippen MR) is 79.1 cm³/mol. The van der Waals surface area contributed by atoms with Gasteiger partial charge in [0.05, 0.1) is 6.10 Å². The molecule has 1 aromatic carbocycles. The van der Waals surface area contributed by atoms with Gasteiger partial charge in [0.2, 0.25) is 0 Å². The summed E-state index contributed by atoms with van der Waals surface area (Å²) in [5.41, 5.74) is 0.329. The summed E-state index contributed by atoms with van der Waals surface area (Å²) in [6, 6.07) is 2.01. The number of fused-ring (bicyclic) bond motifs is 1. The fourth-order valence-electron chi connectivity index (χ4n) is 4.21. The van der Waals surface area contributed by atoms with E-state index < -0.39 is 17.7 Å². The van der Waals surface area contributed by atoms with Crippen LogP contribution in [0.4, 0.5) is 8.78 Å². The monoisotopic (exact) mass is 314 g/mol. The molecular formula is C17H21ClF2O. The van der Waals surface area contributed by atoms with E-state index in [-0.39, 0.29) is 10.9 Å². The second kappa shape index (κ2) is 6.21. The number of rotatable bonds is 2. The van der Waals surface area contributed by atoms with Gasteiger partial charge in [0.25, 0.3) is 0 Å². The zero-order valence-corrected chi connectivity index (χ0v) is 12.8. The molecule has 1 aromatic rings. The first-order valence-electron chi connectivity index (χ1n) is 7.88. The zero-order chi connectivity index (χ0) is 15.0. The molecule has 3 rings (SSSR count). The third-order valence-electron chi connectivity index (χ3n) is 5.39. The van der Waals surface area contributed by atoms with Crippen molar-refractivity contribution in [2.24, 2.45) is 17.8 Å². The molecule has 2 saturated carbocycles. The molecular weight excluding hydrogens is 294 g/mol. The lowest BCUT2D eigenvalue weighted by molar-refractivity contribution is 0.0347. The van der Waals surface area contributed by atoms with Crippen LogP contribution in [0.3, 0.4) is 0 Å². The Kier molecular flexibility index (Phi) is 4.51. The Balaban J connectivity index is 1.76. The molecule has 0 aromatic heterocycles. The molecule has 0 amide bonds. The summed E-state index contributed by atoms with van der Waals surface area (Å²) in [7, 11) is 0. The molecule has 0 spiro atoms. The van der Waals surface area contributed by atoms with E-state index in [2.05, 4.69) is 0 Å². The molecule has 0 heterocycles. The van der Waals surface area contributed by atoms with Crippen molar-refractivity contribution >= 4 is 11.6 Å². The number of halogens is 3. The van der Waals surface area contributed by atoms with Crippen molar-refractivity contribution in [3.63, 3.8) is 0 Å². The van der Waals surface area contributed by atoms with Gasteiger partial charge in [0.1, 0.15) is 0 Å². The average Bonchev–Trinajstić information content (AvgIpc) is 2.50. The average molecular weight is 315 g/mol. The van der Waals surface area contributed by atoms with Crippen LogP contribution in [0.2, 0.25) is 5.02 Å². The molecule has 116 valence electrons. The van der Waals surface area contributed by atoms with Crippen LogP contribution < -0.4 is 0 Å². The van der Waals surface area contributed by atoms with Crippen molar-refractivity contribution in [1.29, 1.82) is 0 Å². The van der Waals surface area contributed by atoms with Crippen LogP contribution >= 0.6 is 11.6 Å². The maximum atomic E-state index is 13.4. The molecule has 0 aliphatic heterocycles. The van der Waals surface area contributed by atoms with E-state index in [0.717, 1.165) is 37.3 Å². The SMILES string of the molecule is OC(c1cc(F)c(F)cc1Cl)C1CCC2CCCCC2C1. The highest BCUT2D eigenvalue weighted by Crippen LogP contribution is 2.46. The quantitative estimate of drug-likeness (QED) is 0.738. The second-order valence-corrected chi connectivity index (χ2v) is 7.02. The fourth-order valence-corrected chi connectivity index (χ4v) is 4.48. The number of hydrogen-bond acceptors (Lipinski definition) is 1. The van der Waals surface area contributed by atoms with Gasteiger partial charge in [-0.1, -0.05) is 37.3 Å². The topological polar surface area (TPSA) is 20.2 Å². The highest BCUT2D eigenvalue weighted by Gasteiger charge is 2.36.